The number of ether oxygens (including phenoxy) is 1. The van der Waals surface area contributed by atoms with Crippen molar-refractivity contribution in [2.75, 3.05) is 17.7 Å². The number of benzene rings is 1. The van der Waals surface area contributed by atoms with Crippen LogP contribution in [0.4, 0.5) is 17.3 Å². The number of aromatic nitrogens is 2. The molecule has 178 valence electrons. The van der Waals surface area contributed by atoms with Crippen molar-refractivity contribution in [3.63, 3.8) is 0 Å². The van der Waals surface area contributed by atoms with Crippen LogP contribution in [0.1, 0.15) is 47.3 Å². The van der Waals surface area contributed by atoms with Gasteiger partial charge in [0.1, 0.15) is 17.4 Å². The van der Waals surface area contributed by atoms with Gasteiger partial charge in [-0.3, -0.25) is 9.78 Å². The Morgan fingerprint density at radius 2 is 1.91 bits per heavy atom. The van der Waals surface area contributed by atoms with Crippen LogP contribution in [0, 0.1) is 5.41 Å². The summed E-state index contributed by atoms with van der Waals surface area (Å²) in [5.74, 6) is 1.24. The number of anilines is 3. The van der Waals surface area contributed by atoms with Crippen LogP contribution in [0.2, 0.25) is 10.0 Å². The molecular weight excluding hydrogens is 473 g/mol. The number of hydrogen-bond acceptors (Lipinski definition) is 6. The number of rotatable bonds is 7. The first-order valence-corrected chi connectivity index (χ1v) is 11.7. The van der Waals surface area contributed by atoms with Gasteiger partial charge in [-0.1, -0.05) is 49.2 Å². The number of amides is 1. The van der Waals surface area contributed by atoms with Crippen LogP contribution in [0.3, 0.4) is 0 Å². The number of primary amides is 1. The number of carbonyl (C=O) groups is 1. The Kier molecular flexibility index (Phi) is 6.86. The summed E-state index contributed by atoms with van der Waals surface area (Å²) in [6.07, 6.45) is 5.43. The Morgan fingerprint density at radius 1 is 1.18 bits per heavy atom. The van der Waals surface area contributed by atoms with Crippen molar-refractivity contribution in [2.24, 2.45) is 11.1 Å². The van der Waals surface area contributed by atoms with Crippen molar-refractivity contribution in [2.45, 2.75) is 39.7 Å². The number of halogens is 2. The molecule has 0 fully saturated rings. The molecule has 0 atom stereocenters. The van der Waals surface area contributed by atoms with Crippen molar-refractivity contribution in [3.8, 4) is 5.75 Å². The lowest BCUT2D eigenvalue weighted by Gasteiger charge is -2.34. The lowest BCUT2D eigenvalue weighted by molar-refractivity contribution is 0.0999. The number of pyridine rings is 2. The number of fused-ring (bicyclic) bond motifs is 1. The molecule has 1 amide bonds. The Labute approximate surface area is 209 Å². The zero-order valence-corrected chi connectivity index (χ0v) is 20.8. The SMILES string of the molecule is COc1cccc(CNc2nc(Nc3c(Cl)cncc3Cl)c3c(c2C(N)=O)CC(C)(C)CC3)c1. The van der Waals surface area contributed by atoms with Crippen molar-refractivity contribution < 1.29 is 9.53 Å². The second-order valence-corrected chi connectivity index (χ2v) is 9.97. The predicted molar refractivity (Wildman–Crippen MR) is 136 cm³/mol. The fraction of sp³-hybridized carbons (Fsp3) is 0.320. The summed E-state index contributed by atoms with van der Waals surface area (Å²) in [6.45, 7) is 4.81. The van der Waals surface area contributed by atoms with Crippen LogP contribution in [-0.2, 0) is 19.4 Å². The van der Waals surface area contributed by atoms with E-state index in [1.165, 1.54) is 12.4 Å². The van der Waals surface area contributed by atoms with Gasteiger partial charge in [-0.05, 0) is 53.5 Å². The molecule has 0 unspecified atom stereocenters. The molecule has 0 saturated heterocycles. The molecule has 1 aliphatic carbocycles. The average molecular weight is 500 g/mol. The summed E-state index contributed by atoms with van der Waals surface area (Å²) in [4.78, 5) is 21.5. The minimum Gasteiger partial charge on any atom is -0.497 e. The third-order valence-electron chi connectivity index (χ3n) is 6.06. The van der Waals surface area contributed by atoms with E-state index in [0.717, 1.165) is 35.3 Å². The van der Waals surface area contributed by atoms with Crippen LogP contribution in [-0.4, -0.2) is 23.0 Å². The third-order valence-corrected chi connectivity index (χ3v) is 6.63. The number of methoxy groups -OCH3 is 1. The van der Waals surface area contributed by atoms with E-state index in [1.807, 2.05) is 24.3 Å². The van der Waals surface area contributed by atoms with E-state index >= 15 is 0 Å². The molecule has 3 aromatic rings. The van der Waals surface area contributed by atoms with Gasteiger partial charge in [-0.2, -0.15) is 0 Å². The molecule has 0 saturated carbocycles. The molecular formula is C25H27Cl2N5O2. The lowest BCUT2D eigenvalue weighted by atomic mass is 9.73. The molecule has 7 nitrogen and oxygen atoms in total. The van der Waals surface area contributed by atoms with Gasteiger partial charge in [-0.25, -0.2) is 4.98 Å². The largest absolute Gasteiger partial charge is 0.497 e. The first-order valence-electron chi connectivity index (χ1n) is 11.0. The Hall–Kier alpha value is -3.03. The highest BCUT2D eigenvalue weighted by atomic mass is 35.5. The molecule has 0 bridgehead atoms. The zero-order valence-electron chi connectivity index (χ0n) is 19.3. The van der Waals surface area contributed by atoms with Crippen LogP contribution in [0.25, 0.3) is 0 Å². The summed E-state index contributed by atoms with van der Waals surface area (Å²) >= 11 is 12.7. The highest BCUT2D eigenvalue weighted by Gasteiger charge is 2.33. The number of nitrogens with two attached hydrogens (primary N) is 1. The monoisotopic (exact) mass is 499 g/mol. The first-order chi connectivity index (χ1) is 16.2. The van der Waals surface area contributed by atoms with E-state index in [-0.39, 0.29) is 5.41 Å². The van der Waals surface area contributed by atoms with Crippen LogP contribution in [0.5, 0.6) is 5.75 Å². The van der Waals surface area contributed by atoms with Crippen LogP contribution < -0.4 is 21.1 Å². The van der Waals surface area contributed by atoms with E-state index in [2.05, 4.69) is 29.5 Å². The molecule has 1 aromatic carbocycles. The highest BCUT2D eigenvalue weighted by Crippen LogP contribution is 2.42. The minimum absolute atomic E-state index is 0.0197. The highest BCUT2D eigenvalue weighted by molar-refractivity contribution is 6.39. The molecule has 2 aromatic heterocycles. The molecule has 4 rings (SSSR count). The topological polar surface area (TPSA) is 102 Å². The average Bonchev–Trinajstić information content (AvgIpc) is 2.79. The van der Waals surface area contributed by atoms with E-state index in [9.17, 15) is 4.79 Å². The number of carbonyl (C=O) groups excluding carboxylic acids is 1. The third kappa shape index (κ3) is 5.05. The van der Waals surface area contributed by atoms with Gasteiger partial charge < -0.3 is 21.1 Å². The van der Waals surface area contributed by atoms with E-state index in [0.29, 0.717) is 45.9 Å². The normalized spacial score (nSPS) is 14.3. The van der Waals surface area contributed by atoms with Gasteiger partial charge in [0.05, 0.1) is 28.4 Å². The van der Waals surface area contributed by atoms with Gasteiger partial charge in [0.2, 0.25) is 0 Å². The Morgan fingerprint density at radius 3 is 2.59 bits per heavy atom. The summed E-state index contributed by atoms with van der Waals surface area (Å²) in [6, 6.07) is 7.68. The Bertz CT molecular complexity index is 1230. The molecule has 0 aliphatic heterocycles. The van der Waals surface area contributed by atoms with Crippen LogP contribution >= 0.6 is 23.2 Å². The summed E-state index contributed by atoms with van der Waals surface area (Å²) in [5.41, 5.74) is 9.66. The second kappa shape index (κ2) is 9.68. The maximum absolute atomic E-state index is 12.6. The van der Waals surface area contributed by atoms with Crippen molar-refractivity contribution in [1.82, 2.24) is 9.97 Å². The van der Waals surface area contributed by atoms with Crippen LogP contribution in [0.15, 0.2) is 36.7 Å². The van der Waals surface area contributed by atoms with Crippen molar-refractivity contribution in [3.05, 3.63) is 69.0 Å². The number of nitrogens with zero attached hydrogens (tertiary/aromatic N) is 2. The molecule has 1 aliphatic rings. The molecule has 0 spiro atoms. The summed E-state index contributed by atoms with van der Waals surface area (Å²) in [7, 11) is 1.62. The second-order valence-electron chi connectivity index (χ2n) is 9.15. The zero-order chi connectivity index (χ0) is 24.5. The fourth-order valence-corrected chi connectivity index (χ4v) is 4.74. The molecule has 2 heterocycles. The predicted octanol–water partition coefficient (Wildman–Crippen LogP) is 5.76. The molecule has 9 heteroatoms. The quantitative estimate of drug-likeness (QED) is 0.381. The lowest BCUT2D eigenvalue weighted by Crippen LogP contribution is -2.28. The van der Waals surface area contributed by atoms with Crippen molar-refractivity contribution in [1.29, 1.82) is 0 Å². The maximum atomic E-state index is 12.6. The molecule has 0 radical (unpaired) electrons. The van der Waals surface area contributed by atoms with E-state index in [1.54, 1.807) is 7.11 Å². The fourth-order valence-electron chi connectivity index (χ4n) is 4.28. The first kappa shape index (κ1) is 24.1. The van der Waals surface area contributed by atoms with Gasteiger partial charge >= 0.3 is 0 Å². The minimum atomic E-state index is -0.513. The van der Waals surface area contributed by atoms with Gasteiger partial charge in [0.25, 0.3) is 5.91 Å². The Balaban J connectivity index is 1.80. The van der Waals surface area contributed by atoms with Crippen molar-refractivity contribution >= 4 is 46.4 Å². The standard InChI is InChI=1S/C25H27Cl2N5O2/c1-25(2)8-7-16-17(10-25)20(22(28)33)24(30-11-14-5-4-6-15(9-14)34-3)32-23(16)31-21-18(26)12-29-13-19(21)27/h4-6,9,12-13H,7-8,10-11H2,1-3H3,(H2,28,33)(H2,29,30,31,32). The van der Waals surface area contributed by atoms with Gasteiger partial charge in [0.15, 0.2) is 0 Å². The smallest absolute Gasteiger partial charge is 0.252 e. The molecule has 4 N–H and O–H groups in total. The summed E-state index contributed by atoms with van der Waals surface area (Å²) < 4.78 is 5.32. The number of nitrogens with one attached hydrogen (secondary N) is 2. The van der Waals surface area contributed by atoms with E-state index < -0.39 is 5.91 Å². The van der Waals surface area contributed by atoms with Gasteiger partial charge in [-0.15, -0.1) is 0 Å². The summed E-state index contributed by atoms with van der Waals surface area (Å²) in [5, 5.41) is 7.36. The maximum Gasteiger partial charge on any atom is 0.252 e. The van der Waals surface area contributed by atoms with Gasteiger partial charge in [0, 0.05) is 18.9 Å². The molecule has 34 heavy (non-hydrogen) atoms. The van der Waals surface area contributed by atoms with E-state index in [4.69, 9.17) is 38.7 Å². The number of hydrogen-bond donors (Lipinski definition) is 3.